The number of carboxylic acid groups (broad SMARTS) is 1. The Hall–Kier alpha value is -1.46. The smallest absolute Gasteiger partial charge is 0.307 e. The van der Waals surface area contributed by atoms with Crippen molar-refractivity contribution in [1.82, 2.24) is 4.90 Å². The van der Waals surface area contributed by atoms with Gasteiger partial charge in [0.25, 0.3) is 0 Å². The van der Waals surface area contributed by atoms with E-state index < -0.39 is 5.97 Å². The molecule has 1 aliphatic rings. The Balaban J connectivity index is 1.96. The summed E-state index contributed by atoms with van der Waals surface area (Å²) in [5, 5.41) is 9.06. The molecular weight excluding hydrogens is 260 g/mol. The maximum Gasteiger partial charge on any atom is 0.307 e. The van der Waals surface area contributed by atoms with Gasteiger partial charge in [0.1, 0.15) is 4.99 Å². The average molecular weight is 278 g/mol. The Morgan fingerprint density at radius 2 is 2.11 bits per heavy atom. The second-order valence-electron chi connectivity index (χ2n) is 4.97. The van der Waals surface area contributed by atoms with Crippen LogP contribution >= 0.6 is 12.2 Å². The summed E-state index contributed by atoms with van der Waals surface area (Å²) < 4.78 is 0. The minimum Gasteiger partial charge on any atom is -0.481 e. The van der Waals surface area contributed by atoms with Gasteiger partial charge in [-0.05, 0) is 24.9 Å². The molecule has 1 atom stereocenters. The Bertz CT molecular complexity index is 473. The molecule has 0 amide bonds. The molecule has 4 nitrogen and oxygen atoms in total. The number of thiocarbonyl (C=S) groups is 1. The first kappa shape index (κ1) is 14.0. The molecule has 5 heteroatoms. The Kier molecular flexibility index (Phi) is 4.50. The highest BCUT2D eigenvalue weighted by Gasteiger charge is 2.25. The van der Waals surface area contributed by atoms with Crippen LogP contribution in [0.25, 0.3) is 0 Å². The highest BCUT2D eigenvalue weighted by atomic mass is 32.1. The molecule has 0 aromatic heterocycles. The molecule has 0 radical (unpaired) electrons. The molecule has 0 bridgehead atoms. The van der Waals surface area contributed by atoms with E-state index in [1.54, 1.807) is 0 Å². The van der Waals surface area contributed by atoms with Gasteiger partial charge in [0.15, 0.2) is 0 Å². The van der Waals surface area contributed by atoms with Gasteiger partial charge in [-0.1, -0.05) is 36.5 Å². The van der Waals surface area contributed by atoms with Crippen LogP contribution in [0.2, 0.25) is 0 Å². The third-order valence-corrected chi connectivity index (χ3v) is 3.74. The highest BCUT2D eigenvalue weighted by Crippen LogP contribution is 2.19. The summed E-state index contributed by atoms with van der Waals surface area (Å²) in [6, 6.07) is 7.82. The molecule has 0 spiro atoms. The number of hydrogen-bond donors (Lipinski definition) is 2. The summed E-state index contributed by atoms with van der Waals surface area (Å²) in [5.74, 6) is -0.918. The van der Waals surface area contributed by atoms with E-state index in [0.717, 1.165) is 37.1 Å². The van der Waals surface area contributed by atoms with Crippen molar-refractivity contribution in [3.05, 3.63) is 35.4 Å². The van der Waals surface area contributed by atoms with Crippen molar-refractivity contribution in [2.75, 3.05) is 13.1 Å². The fourth-order valence-corrected chi connectivity index (χ4v) is 2.57. The third kappa shape index (κ3) is 3.75. The number of piperidine rings is 1. The summed E-state index contributed by atoms with van der Waals surface area (Å²) in [6.45, 7) is 2.37. The maximum atomic E-state index is 11.0. The number of rotatable bonds is 4. The van der Waals surface area contributed by atoms with Gasteiger partial charge in [-0.25, -0.2) is 0 Å². The minimum absolute atomic E-state index is 0.232. The topological polar surface area (TPSA) is 66.6 Å². The van der Waals surface area contributed by atoms with E-state index in [0.29, 0.717) is 11.5 Å². The van der Waals surface area contributed by atoms with Crippen LogP contribution in [-0.4, -0.2) is 34.1 Å². The monoisotopic (exact) mass is 278 g/mol. The van der Waals surface area contributed by atoms with Crippen LogP contribution in [-0.2, 0) is 11.3 Å². The molecule has 1 fully saturated rings. The summed E-state index contributed by atoms with van der Waals surface area (Å²) in [7, 11) is 0. The minimum atomic E-state index is -0.687. The van der Waals surface area contributed by atoms with Crippen molar-refractivity contribution >= 4 is 23.2 Å². The van der Waals surface area contributed by atoms with Crippen molar-refractivity contribution in [1.29, 1.82) is 0 Å². The van der Waals surface area contributed by atoms with Gasteiger partial charge in [-0.2, -0.15) is 0 Å². The zero-order chi connectivity index (χ0) is 13.8. The fourth-order valence-electron chi connectivity index (χ4n) is 2.43. The molecule has 1 aliphatic heterocycles. The first-order valence-corrected chi connectivity index (χ1v) is 6.81. The van der Waals surface area contributed by atoms with Gasteiger partial charge in [0.2, 0.25) is 0 Å². The molecule has 1 aromatic carbocycles. The van der Waals surface area contributed by atoms with Gasteiger partial charge in [0, 0.05) is 18.7 Å². The van der Waals surface area contributed by atoms with Gasteiger partial charge in [-0.15, -0.1) is 0 Å². The molecular formula is C14H18N2O2S. The SMILES string of the molecule is NC(=S)c1ccc(CN2CCCC(C(=O)O)C2)cc1. The van der Waals surface area contributed by atoms with Crippen LogP contribution in [0, 0.1) is 5.92 Å². The molecule has 3 N–H and O–H groups in total. The number of carboxylic acids is 1. The van der Waals surface area contributed by atoms with Crippen molar-refractivity contribution in [2.45, 2.75) is 19.4 Å². The van der Waals surface area contributed by atoms with Crippen LogP contribution < -0.4 is 5.73 Å². The third-order valence-electron chi connectivity index (χ3n) is 3.50. The van der Waals surface area contributed by atoms with E-state index in [1.807, 2.05) is 24.3 Å². The Morgan fingerprint density at radius 3 is 2.68 bits per heavy atom. The highest BCUT2D eigenvalue weighted by molar-refractivity contribution is 7.80. The molecule has 0 saturated carbocycles. The molecule has 1 saturated heterocycles. The molecule has 1 aromatic rings. The van der Waals surface area contributed by atoms with E-state index >= 15 is 0 Å². The van der Waals surface area contributed by atoms with E-state index in [2.05, 4.69) is 4.90 Å². The number of hydrogen-bond acceptors (Lipinski definition) is 3. The summed E-state index contributed by atoms with van der Waals surface area (Å²) >= 11 is 4.91. The van der Waals surface area contributed by atoms with Crippen LogP contribution in [0.1, 0.15) is 24.0 Å². The van der Waals surface area contributed by atoms with Gasteiger partial charge < -0.3 is 10.8 Å². The summed E-state index contributed by atoms with van der Waals surface area (Å²) in [6.07, 6.45) is 1.73. The van der Waals surface area contributed by atoms with Crippen molar-refractivity contribution < 1.29 is 9.90 Å². The second-order valence-corrected chi connectivity index (χ2v) is 5.41. The van der Waals surface area contributed by atoms with Crippen LogP contribution in [0.3, 0.4) is 0 Å². The van der Waals surface area contributed by atoms with E-state index in [-0.39, 0.29) is 5.92 Å². The molecule has 0 aliphatic carbocycles. The maximum absolute atomic E-state index is 11.0. The number of likely N-dealkylation sites (tertiary alicyclic amines) is 1. The molecule has 102 valence electrons. The number of benzene rings is 1. The number of nitrogens with two attached hydrogens (primary N) is 1. The lowest BCUT2D eigenvalue weighted by molar-refractivity contribution is -0.143. The normalized spacial score (nSPS) is 20.1. The lowest BCUT2D eigenvalue weighted by Crippen LogP contribution is -2.38. The first-order chi connectivity index (χ1) is 9.06. The molecule has 1 heterocycles. The zero-order valence-corrected chi connectivity index (χ0v) is 11.5. The van der Waals surface area contributed by atoms with E-state index in [1.165, 1.54) is 0 Å². The summed E-state index contributed by atoms with van der Waals surface area (Å²) in [5.41, 5.74) is 7.58. The van der Waals surface area contributed by atoms with E-state index in [9.17, 15) is 4.79 Å². The Morgan fingerprint density at radius 1 is 1.42 bits per heavy atom. The number of aliphatic carboxylic acids is 1. The van der Waals surface area contributed by atoms with Crippen molar-refractivity contribution in [3.8, 4) is 0 Å². The van der Waals surface area contributed by atoms with Gasteiger partial charge in [-0.3, -0.25) is 9.69 Å². The standard InChI is InChI=1S/C14H18N2O2S/c15-13(19)11-5-3-10(4-6-11)8-16-7-1-2-12(9-16)14(17)18/h3-6,12H,1-2,7-9H2,(H2,15,19)(H,17,18). The zero-order valence-electron chi connectivity index (χ0n) is 10.7. The van der Waals surface area contributed by atoms with Crippen LogP contribution in [0.4, 0.5) is 0 Å². The predicted octanol–water partition coefficient (Wildman–Crippen LogP) is 1.62. The largest absolute Gasteiger partial charge is 0.481 e. The molecule has 1 unspecified atom stereocenters. The van der Waals surface area contributed by atoms with Crippen molar-refractivity contribution in [2.24, 2.45) is 11.7 Å². The fraction of sp³-hybridized carbons (Fsp3) is 0.429. The lowest BCUT2D eigenvalue weighted by Gasteiger charge is -2.30. The second kappa shape index (κ2) is 6.12. The average Bonchev–Trinajstić information content (AvgIpc) is 2.39. The van der Waals surface area contributed by atoms with Gasteiger partial charge in [0.05, 0.1) is 5.92 Å². The Labute approximate surface area is 118 Å². The van der Waals surface area contributed by atoms with Crippen LogP contribution in [0.5, 0.6) is 0 Å². The molecule has 19 heavy (non-hydrogen) atoms. The first-order valence-electron chi connectivity index (χ1n) is 6.40. The quantitative estimate of drug-likeness (QED) is 0.819. The number of carbonyl (C=O) groups is 1. The molecule has 2 rings (SSSR count). The van der Waals surface area contributed by atoms with Crippen molar-refractivity contribution in [3.63, 3.8) is 0 Å². The summed E-state index contributed by atoms with van der Waals surface area (Å²) in [4.78, 5) is 13.6. The lowest BCUT2D eigenvalue weighted by atomic mass is 9.98. The number of nitrogens with zero attached hydrogens (tertiary/aromatic N) is 1. The van der Waals surface area contributed by atoms with E-state index in [4.69, 9.17) is 23.1 Å². The predicted molar refractivity (Wildman–Crippen MR) is 78.0 cm³/mol. The van der Waals surface area contributed by atoms with Crippen LogP contribution in [0.15, 0.2) is 24.3 Å². The van der Waals surface area contributed by atoms with Gasteiger partial charge >= 0.3 is 5.97 Å².